The minimum Gasteiger partial charge on any atom is -0.462 e. The summed E-state index contributed by atoms with van der Waals surface area (Å²) < 4.78 is 42.0. The summed E-state index contributed by atoms with van der Waals surface area (Å²) >= 11 is 0. The van der Waals surface area contributed by atoms with Crippen LogP contribution in [0.2, 0.25) is 0 Å². The summed E-state index contributed by atoms with van der Waals surface area (Å²) in [6.07, 6.45) is 21.5. The van der Waals surface area contributed by atoms with Crippen molar-refractivity contribution in [3.63, 3.8) is 0 Å². The molecule has 2 aromatic carbocycles. The smallest absolute Gasteiger partial charge is 0.462 e. The first kappa shape index (κ1) is 64.8. The Bertz CT molecular complexity index is 2480. The molecule has 20 heteroatoms. The molecule has 2 amide bonds. The average Bonchev–Trinajstić information content (AvgIpc) is 3.75. The maximum absolute atomic E-state index is 14.3. The molecule has 0 fully saturated rings. The number of anilines is 2. The largest absolute Gasteiger partial charge is 0.472 e. The van der Waals surface area contributed by atoms with Gasteiger partial charge in [-0.25, -0.2) is 19.3 Å². The van der Waals surface area contributed by atoms with Gasteiger partial charge >= 0.3 is 25.9 Å². The Hall–Kier alpha value is -5.72. The molecule has 4 rings (SSSR count). The van der Waals surface area contributed by atoms with Gasteiger partial charge in [-0.2, -0.15) is 4.99 Å². The number of ether oxygens (including phenoxy) is 3. The van der Waals surface area contributed by atoms with Gasteiger partial charge in [-0.1, -0.05) is 129 Å². The Labute approximate surface area is 463 Å². The van der Waals surface area contributed by atoms with Gasteiger partial charge in [0.2, 0.25) is 0 Å². The number of amidine groups is 1. The molecule has 2 heterocycles. The molecule has 0 bridgehead atoms. The van der Waals surface area contributed by atoms with Crippen LogP contribution in [-0.4, -0.2) is 120 Å². The second kappa shape index (κ2) is 35.7. The van der Waals surface area contributed by atoms with Crippen molar-refractivity contribution in [3.05, 3.63) is 83.8 Å². The van der Waals surface area contributed by atoms with Gasteiger partial charge in [-0.05, 0) is 67.4 Å². The van der Waals surface area contributed by atoms with Crippen molar-refractivity contribution in [1.82, 2.24) is 14.5 Å². The van der Waals surface area contributed by atoms with Gasteiger partial charge in [0.1, 0.15) is 37.2 Å². The second-order valence-electron chi connectivity index (χ2n) is 20.9. The van der Waals surface area contributed by atoms with E-state index in [9.17, 15) is 28.6 Å². The molecule has 0 aliphatic carbocycles. The molecule has 0 saturated carbocycles. The zero-order chi connectivity index (χ0) is 56.6. The lowest BCUT2D eigenvalue weighted by atomic mass is 10.0. The van der Waals surface area contributed by atoms with E-state index in [-0.39, 0.29) is 31.8 Å². The summed E-state index contributed by atoms with van der Waals surface area (Å²) in [6.45, 7) is 4.22. The number of nitrogens with zero attached hydrogens (tertiary/aromatic N) is 6. The summed E-state index contributed by atoms with van der Waals surface area (Å²) in [5.74, 6) is -0.628. The van der Waals surface area contributed by atoms with Crippen LogP contribution in [-0.2, 0) is 51.0 Å². The number of benzene rings is 2. The number of carbonyl (C=O) groups is 4. The number of phosphoric acid groups is 1. The van der Waals surface area contributed by atoms with Gasteiger partial charge in [0, 0.05) is 43.0 Å². The van der Waals surface area contributed by atoms with Crippen LogP contribution in [0.15, 0.2) is 71.9 Å². The summed E-state index contributed by atoms with van der Waals surface area (Å²) in [5.41, 5.74) is 9.08. The second-order valence-corrected chi connectivity index (χ2v) is 22.3. The Kier molecular flexibility index (Phi) is 29.7. The van der Waals surface area contributed by atoms with E-state index in [4.69, 9.17) is 34.0 Å². The fraction of sp³-hybridized carbons (Fsp3) is 0.603. The van der Waals surface area contributed by atoms with Gasteiger partial charge in [-0.3, -0.25) is 28.3 Å². The summed E-state index contributed by atoms with van der Waals surface area (Å²) in [5, 5.41) is 3.35. The number of unbranched alkanes of at least 4 members (excludes halogenated alkanes) is 17. The number of aryl methyl sites for hydroxylation is 1. The van der Waals surface area contributed by atoms with Crippen LogP contribution in [0.3, 0.4) is 0 Å². The van der Waals surface area contributed by atoms with Gasteiger partial charge < -0.3 is 39.2 Å². The zero-order valence-electron chi connectivity index (χ0n) is 47.5. The number of nitrogens with two attached hydrogens (primary N) is 1. The average molecular weight is 1110 g/mol. The van der Waals surface area contributed by atoms with Gasteiger partial charge in [-0.15, -0.1) is 0 Å². The highest BCUT2D eigenvalue weighted by Crippen LogP contribution is 2.43. The number of hydrogen-bond donors (Lipinski definition) is 3. The number of rotatable bonds is 40. The molecule has 4 N–H and O–H groups in total. The van der Waals surface area contributed by atoms with Crippen molar-refractivity contribution in [1.29, 1.82) is 0 Å². The lowest BCUT2D eigenvalue weighted by Crippen LogP contribution is -2.37. The molecule has 0 aliphatic rings. The number of esters is 2. The predicted molar refractivity (Wildman–Crippen MR) is 306 cm³/mol. The van der Waals surface area contributed by atoms with Crippen molar-refractivity contribution in [3.8, 4) is 0 Å². The highest BCUT2D eigenvalue weighted by atomic mass is 31.2. The number of quaternary nitrogens is 1. The fourth-order valence-electron chi connectivity index (χ4n) is 8.46. The Balaban J connectivity index is 1.30. The number of hydrogen-bond acceptors (Lipinski definition) is 13. The van der Waals surface area contributed by atoms with E-state index in [0.29, 0.717) is 58.9 Å². The van der Waals surface area contributed by atoms with Crippen molar-refractivity contribution in [2.24, 2.45) is 17.8 Å². The first-order valence-corrected chi connectivity index (χ1v) is 29.8. The molecule has 4 aromatic rings. The molecule has 19 nitrogen and oxygen atoms in total. The molecule has 0 radical (unpaired) electrons. The van der Waals surface area contributed by atoms with Crippen LogP contribution in [0, 0.1) is 0 Å². The van der Waals surface area contributed by atoms with Crippen LogP contribution < -0.4 is 16.0 Å². The maximum atomic E-state index is 14.3. The van der Waals surface area contributed by atoms with Crippen molar-refractivity contribution in [2.75, 3.05) is 70.9 Å². The molecule has 0 spiro atoms. The van der Waals surface area contributed by atoms with E-state index in [1.165, 1.54) is 81.9 Å². The summed E-state index contributed by atoms with van der Waals surface area (Å²) in [7, 11) is 3.08. The van der Waals surface area contributed by atoms with E-state index in [0.717, 1.165) is 49.7 Å². The molecule has 0 saturated heterocycles. The van der Waals surface area contributed by atoms with E-state index in [2.05, 4.69) is 29.1 Å². The Morgan fingerprint density at radius 1 is 0.744 bits per heavy atom. The number of carbonyl (C=O) groups excluding carboxylic acids is 4. The van der Waals surface area contributed by atoms with Crippen LogP contribution >= 0.6 is 7.82 Å². The van der Waals surface area contributed by atoms with Crippen molar-refractivity contribution < 1.29 is 56.4 Å². The number of fused-ring (bicyclic) bond motifs is 1. The van der Waals surface area contributed by atoms with Crippen molar-refractivity contribution >= 4 is 60.1 Å². The minimum atomic E-state index is -4.54. The van der Waals surface area contributed by atoms with Crippen LogP contribution in [0.1, 0.15) is 170 Å². The van der Waals surface area contributed by atoms with E-state index in [1.807, 2.05) is 44.9 Å². The highest BCUT2D eigenvalue weighted by molar-refractivity contribution is 7.47. The molecule has 78 heavy (non-hydrogen) atoms. The molecule has 432 valence electrons. The Morgan fingerprint density at radius 2 is 1.36 bits per heavy atom. The first-order valence-electron chi connectivity index (χ1n) is 28.3. The number of nitrogens with one attached hydrogen (secondary N) is 1. The number of likely N-dealkylation sites (N-methyl/N-ethyl adjacent to an activating group) is 1. The molecule has 2 aromatic heterocycles. The molecular weight excluding hydrogens is 1020 g/mol. The third-order valence-electron chi connectivity index (χ3n) is 13.2. The minimum absolute atomic E-state index is 0.0531. The van der Waals surface area contributed by atoms with Crippen LogP contribution in [0.5, 0.6) is 0 Å². The van der Waals surface area contributed by atoms with E-state index < -0.39 is 51.1 Å². The number of aliphatic imine (C=N–C) groups is 1. The van der Waals surface area contributed by atoms with E-state index >= 15 is 0 Å². The van der Waals surface area contributed by atoms with Gasteiger partial charge in [0.15, 0.2) is 6.10 Å². The highest BCUT2D eigenvalue weighted by Gasteiger charge is 2.28. The number of pyridine rings is 1. The quantitative estimate of drug-likeness (QED) is 0.00714. The van der Waals surface area contributed by atoms with E-state index in [1.54, 1.807) is 54.7 Å². The normalized spacial score (nSPS) is 13.0. The number of phosphoric ester groups is 1. The topological polar surface area (TPSA) is 236 Å². The fourth-order valence-corrected chi connectivity index (χ4v) is 9.20. The summed E-state index contributed by atoms with van der Waals surface area (Å²) in [6, 6.07) is 17.4. The lowest BCUT2D eigenvalue weighted by molar-refractivity contribution is -0.870. The van der Waals surface area contributed by atoms with Crippen LogP contribution in [0.25, 0.3) is 11.0 Å². The molecular formula is C58H90N8O11P+. The standard InChI is InChI=1S/C58H89N8O11P/c1-7-9-11-12-13-14-15-16-17-18-19-20-21-22-23-24-29-55(68)77-49(45-76-78(71,72)75-41-39-66(4,5)6)44-74-54(67)36-38-65(52-28-25-26-37-60-52)57(69)47-32-35-51-50(42-47)62-53(64(51)3)43-61-48-33-30-46(31-34-48)56(59)63-58(70)73-40-27-10-8-2/h25-26,28,30-35,37,42,49H,7-24,27,29,36,38-41,43-45H2,1-6H3,(H3-,59,61,63,70,71,72)/p+1. The summed E-state index contributed by atoms with van der Waals surface area (Å²) in [4.78, 5) is 77.6. The molecule has 2 unspecified atom stereocenters. The number of aromatic nitrogens is 3. The molecule has 0 aliphatic heterocycles. The molecule has 2 atom stereocenters. The van der Waals surface area contributed by atoms with Gasteiger partial charge in [0.25, 0.3) is 5.91 Å². The lowest BCUT2D eigenvalue weighted by Gasteiger charge is -2.24. The maximum Gasteiger partial charge on any atom is 0.472 e. The third-order valence-corrected chi connectivity index (χ3v) is 14.1. The van der Waals surface area contributed by atoms with Crippen molar-refractivity contribution in [2.45, 2.75) is 161 Å². The Morgan fingerprint density at radius 3 is 1.97 bits per heavy atom. The zero-order valence-corrected chi connectivity index (χ0v) is 48.4. The van der Waals surface area contributed by atoms with Crippen LogP contribution in [0.4, 0.5) is 16.3 Å². The number of amides is 2. The monoisotopic (exact) mass is 1110 g/mol. The number of imidazole rings is 1. The third kappa shape index (κ3) is 25.8. The first-order chi connectivity index (χ1) is 37.5. The SMILES string of the molecule is CCCCCCCCCCCCCCCCCCC(=O)OC(COC(=O)CCN(C(=O)c1ccc2c(c1)nc(CNc1ccc(C(N)=NC(=O)OCCCCC)cc1)n2C)c1ccccn1)COP(=O)(O)OCC[N+](C)(C)C. The predicted octanol–water partition coefficient (Wildman–Crippen LogP) is 11.6. The van der Waals surface area contributed by atoms with Gasteiger partial charge in [0.05, 0.1) is 58.4 Å².